The summed E-state index contributed by atoms with van der Waals surface area (Å²) in [5, 5.41) is 0. The second-order valence-corrected chi connectivity index (χ2v) is 6.13. The van der Waals surface area contributed by atoms with E-state index in [1.54, 1.807) is 6.92 Å². The van der Waals surface area contributed by atoms with Crippen LogP contribution in [0.2, 0.25) is 0 Å². The maximum absolute atomic E-state index is 11.6. The van der Waals surface area contributed by atoms with Crippen molar-refractivity contribution < 1.29 is 4.79 Å². The molecular formula is C14H23NO. The lowest BCUT2D eigenvalue weighted by atomic mass is 9.62. The number of carbonyl (C=O) groups is 1. The van der Waals surface area contributed by atoms with Gasteiger partial charge in [-0.2, -0.15) is 0 Å². The van der Waals surface area contributed by atoms with Gasteiger partial charge in [-0.1, -0.05) is 12.8 Å². The van der Waals surface area contributed by atoms with E-state index in [9.17, 15) is 4.79 Å². The average Bonchev–Trinajstić information content (AvgIpc) is 2.60. The fourth-order valence-electron chi connectivity index (χ4n) is 4.57. The van der Waals surface area contributed by atoms with Crippen LogP contribution in [0.5, 0.6) is 0 Å². The molecule has 0 spiro atoms. The van der Waals surface area contributed by atoms with E-state index in [4.69, 9.17) is 0 Å². The van der Waals surface area contributed by atoms with Crippen LogP contribution >= 0.6 is 0 Å². The van der Waals surface area contributed by atoms with Gasteiger partial charge in [-0.3, -0.25) is 4.79 Å². The lowest BCUT2D eigenvalue weighted by Gasteiger charge is -2.43. The Morgan fingerprint density at radius 2 is 1.44 bits per heavy atom. The van der Waals surface area contributed by atoms with Gasteiger partial charge in [0.05, 0.1) is 0 Å². The van der Waals surface area contributed by atoms with Gasteiger partial charge in [0.25, 0.3) is 0 Å². The Morgan fingerprint density at radius 3 is 1.88 bits per heavy atom. The summed E-state index contributed by atoms with van der Waals surface area (Å²) in [6.45, 7) is 3.87. The fraction of sp³-hybridized carbons (Fsp3) is 0.929. The summed E-state index contributed by atoms with van der Waals surface area (Å²) in [6, 6.07) is 0. The highest BCUT2D eigenvalue weighted by Gasteiger charge is 2.44. The molecule has 0 aromatic carbocycles. The third kappa shape index (κ3) is 1.66. The Balaban J connectivity index is 1.84. The van der Waals surface area contributed by atoms with Gasteiger partial charge in [0.2, 0.25) is 5.91 Å². The second kappa shape index (κ2) is 4.05. The highest BCUT2D eigenvalue weighted by Crippen LogP contribution is 2.49. The fourth-order valence-corrected chi connectivity index (χ4v) is 4.57. The number of hydrogen-bond acceptors (Lipinski definition) is 1. The molecule has 2 aliphatic heterocycles. The van der Waals surface area contributed by atoms with Crippen LogP contribution in [-0.4, -0.2) is 23.9 Å². The molecule has 0 aromatic rings. The lowest BCUT2D eigenvalue weighted by molar-refractivity contribution is -0.129. The standard InChI is InChI=1S/C14H23NO/c1-10(16)15-8-11-6-7-12(9-15)14-5-3-2-4-13(11)14/h11-14H,2-9H2,1H3. The van der Waals surface area contributed by atoms with E-state index in [0.717, 1.165) is 36.8 Å². The number of carbonyl (C=O) groups excluding carboxylic acids is 1. The van der Waals surface area contributed by atoms with Gasteiger partial charge in [-0.15, -0.1) is 0 Å². The van der Waals surface area contributed by atoms with E-state index in [2.05, 4.69) is 4.90 Å². The topological polar surface area (TPSA) is 20.3 Å². The van der Waals surface area contributed by atoms with Gasteiger partial charge < -0.3 is 4.90 Å². The van der Waals surface area contributed by atoms with E-state index in [0.29, 0.717) is 5.91 Å². The van der Waals surface area contributed by atoms with Crippen molar-refractivity contribution in [1.82, 2.24) is 4.90 Å². The molecule has 4 aliphatic rings. The molecule has 2 aliphatic carbocycles. The Kier molecular flexibility index (Phi) is 2.68. The Morgan fingerprint density at radius 1 is 0.938 bits per heavy atom. The van der Waals surface area contributed by atoms with E-state index in [1.807, 2.05) is 0 Å². The molecule has 4 rings (SSSR count). The Labute approximate surface area is 98.4 Å². The summed E-state index contributed by atoms with van der Waals surface area (Å²) in [6.07, 6.45) is 8.52. The van der Waals surface area contributed by atoms with Gasteiger partial charge in [0, 0.05) is 20.0 Å². The van der Waals surface area contributed by atoms with Crippen LogP contribution in [0.15, 0.2) is 0 Å². The zero-order valence-electron chi connectivity index (χ0n) is 10.3. The minimum absolute atomic E-state index is 0.301. The molecule has 2 heterocycles. The smallest absolute Gasteiger partial charge is 0.219 e. The first-order valence-corrected chi connectivity index (χ1v) is 7.01. The molecule has 0 N–H and O–H groups in total. The minimum atomic E-state index is 0.301. The van der Waals surface area contributed by atoms with Crippen molar-refractivity contribution in [3.8, 4) is 0 Å². The van der Waals surface area contributed by atoms with Crippen LogP contribution in [0.4, 0.5) is 0 Å². The van der Waals surface area contributed by atoms with Crippen molar-refractivity contribution in [2.24, 2.45) is 23.7 Å². The van der Waals surface area contributed by atoms with Crippen molar-refractivity contribution in [3.63, 3.8) is 0 Å². The zero-order valence-corrected chi connectivity index (χ0v) is 10.3. The average molecular weight is 221 g/mol. The maximum atomic E-state index is 11.6. The van der Waals surface area contributed by atoms with Crippen molar-refractivity contribution in [2.75, 3.05) is 13.1 Å². The highest BCUT2D eigenvalue weighted by atomic mass is 16.2. The summed E-state index contributed by atoms with van der Waals surface area (Å²) in [7, 11) is 0. The summed E-state index contributed by atoms with van der Waals surface area (Å²) in [5.41, 5.74) is 0. The molecule has 2 bridgehead atoms. The van der Waals surface area contributed by atoms with Crippen LogP contribution in [-0.2, 0) is 4.79 Å². The van der Waals surface area contributed by atoms with Crippen LogP contribution in [0, 0.1) is 23.7 Å². The third-order valence-electron chi connectivity index (χ3n) is 5.35. The van der Waals surface area contributed by atoms with Gasteiger partial charge in [0.1, 0.15) is 0 Å². The number of fused-ring (bicyclic) bond motifs is 3. The third-order valence-corrected chi connectivity index (χ3v) is 5.35. The minimum Gasteiger partial charge on any atom is -0.342 e. The molecule has 2 saturated heterocycles. The second-order valence-electron chi connectivity index (χ2n) is 6.13. The normalized spacial score (nSPS) is 42.7. The SMILES string of the molecule is CC(=O)N1CC2CCC(C1)C1CCCCC21. The Hall–Kier alpha value is -0.530. The first-order chi connectivity index (χ1) is 7.75. The summed E-state index contributed by atoms with van der Waals surface area (Å²) in [5.74, 6) is 3.87. The molecule has 1 amide bonds. The van der Waals surface area contributed by atoms with Crippen molar-refractivity contribution in [3.05, 3.63) is 0 Å². The molecule has 16 heavy (non-hydrogen) atoms. The van der Waals surface area contributed by atoms with E-state index < -0.39 is 0 Å². The van der Waals surface area contributed by atoms with Gasteiger partial charge >= 0.3 is 0 Å². The number of hydrogen-bond donors (Lipinski definition) is 0. The quantitative estimate of drug-likeness (QED) is 0.616. The molecule has 90 valence electrons. The van der Waals surface area contributed by atoms with Crippen LogP contribution in [0.3, 0.4) is 0 Å². The maximum Gasteiger partial charge on any atom is 0.219 e. The van der Waals surface area contributed by atoms with Gasteiger partial charge in [-0.25, -0.2) is 0 Å². The monoisotopic (exact) mass is 221 g/mol. The van der Waals surface area contributed by atoms with Crippen LogP contribution < -0.4 is 0 Å². The van der Waals surface area contributed by atoms with Crippen molar-refractivity contribution in [2.45, 2.75) is 45.4 Å². The molecule has 4 fully saturated rings. The number of rotatable bonds is 0. The van der Waals surface area contributed by atoms with Crippen molar-refractivity contribution in [1.29, 1.82) is 0 Å². The number of nitrogens with zero attached hydrogens (tertiary/aromatic N) is 1. The molecule has 2 saturated carbocycles. The van der Waals surface area contributed by atoms with Crippen LogP contribution in [0.1, 0.15) is 45.4 Å². The zero-order chi connectivity index (χ0) is 11.1. The van der Waals surface area contributed by atoms with Gasteiger partial charge in [-0.05, 0) is 49.4 Å². The first-order valence-electron chi connectivity index (χ1n) is 7.01. The molecule has 4 unspecified atom stereocenters. The van der Waals surface area contributed by atoms with E-state index >= 15 is 0 Å². The van der Waals surface area contributed by atoms with E-state index in [-0.39, 0.29) is 0 Å². The summed E-state index contributed by atoms with van der Waals surface area (Å²) in [4.78, 5) is 13.7. The molecular weight excluding hydrogens is 198 g/mol. The molecule has 2 heteroatoms. The first kappa shape index (κ1) is 10.6. The predicted molar refractivity (Wildman–Crippen MR) is 63.9 cm³/mol. The van der Waals surface area contributed by atoms with Crippen LogP contribution in [0.25, 0.3) is 0 Å². The Bertz CT molecular complexity index is 266. The highest BCUT2D eigenvalue weighted by molar-refractivity contribution is 5.73. The van der Waals surface area contributed by atoms with E-state index in [1.165, 1.54) is 38.5 Å². The summed E-state index contributed by atoms with van der Waals surface area (Å²) < 4.78 is 0. The molecule has 0 aromatic heterocycles. The molecule has 2 nitrogen and oxygen atoms in total. The predicted octanol–water partition coefficient (Wildman–Crippen LogP) is 2.68. The molecule has 0 radical (unpaired) electrons. The number of amides is 1. The van der Waals surface area contributed by atoms with Crippen molar-refractivity contribution >= 4 is 5.91 Å². The molecule has 4 atom stereocenters. The largest absolute Gasteiger partial charge is 0.342 e. The lowest BCUT2D eigenvalue weighted by Crippen LogP contribution is -2.36. The van der Waals surface area contributed by atoms with Gasteiger partial charge in [0.15, 0.2) is 0 Å². The summed E-state index contributed by atoms with van der Waals surface area (Å²) >= 11 is 0.